The number of carbonyl (C=O) groups excluding carboxylic acids is 1. The van der Waals surface area contributed by atoms with Gasteiger partial charge in [-0.25, -0.2) is 4.90 Å². The number of rotatable bonds is 6. The first-order valence-corrected chi connectivity index (χ1v) is 12.8. The second-order valence-corrected chi connectivity index (χ2v) is 10.3. The Bertz CT molecular complexity index is 1320. The molecule has 0 saturated carbocycles. The number of aliphatic hydroxyl groups is 5. The van der Waals surface area contributed by atoms with Gasteiger partial charge in [0, 0.05) is 53.3 Å². The Labute approximate surface area is 226 Å². The molecule has 0 bridgehead atoms. The van der Waals surface area contributed by atoms with E-state index in [0.717, 1.165) is 0 Å². The lowest BCUT2D eigenvalue weighted by molar-refractivity contribution is -0.286. The number of benzene rings is 2. The number of piperidine rings is 1. The zero-order valence-electron chi connectivity index (χ0n) is 21.7. The normalized spacial score (nSPS) is 23.3. The molecule has 3 aliphatic rings. The standard InChI is InChI=1S/C28H34N4O7/c1-17-23(10-11-24(33)29-17)32-18(2)21-8-5-9-22(25(21)28(32,37)38)30-26(3,34)19-6-4-7-20(16-19)27(35,36)31-12-14-39-15-13-31/h4-9,16,23,30,34-38H,1-2,10-15H2,3H3,(H,29,33). The minimum Gasteiger partial charge on any atom is -0.379 e. The van der Waals surface area contributed by atoms with E-state index < -0.39 is 23.6 Å². The van der Waals surface area contributed by atoms with E-state index in [-0.39, 0.29) is 29.1 Å². The van der Waals surface area contributed by atoms with Gasteiger partial charge in [-0.05, 0) is 25.5 Å². The van der Waals surface area contributed by atoms with Crippen molar-refractivity contribution >= 4 is 17.3 Å². The van der Waals surface area contributed by atoms with Crippen LogP contribution < -0.4 is 10.6 Å². The van der Waals surface area contributed by atoms with Crippen LogP contribution in [-0.2, 0) is 27.1 Å². The lowest BCUT2D eigenvalue weighted by Gasteiger charge is -2.41. The van der Waals surface area contributed by atoms with Crippen LogP contribution in [0, 0.1) is 0 Å². The molecule has 2 fully saturated rings. The number of nitrogens with one attached hydrogen (secondary N) is 2. The highest BCUT2D eigenvalue weighted by Gasteiger charge is 2.51. The Morgan fingerprint density at radius 2 is 1.74 bits per heavy atom. The number of carbonyl (C=O) groups is 1. The van der Waals surface area contributed by atoms with Crippen molar-refractivity contribution in [3.05, 3.63) is 83.6 Å². The largest absolute Gasteiger partial charge is 0.379 e. The van der Waals surface area contributed by atoms with Crippen molar-refractivity contribution in [2.75, 3.05) is 31.6 Å². The summed E-state index contributed by atoms with van der Waals surface area (Å²) >= 11 is 0. The van der Waals surface area contributed by atoms with Crippen molar-refractivity contribution in [2.24, 2.45) is 0 Å². The maximum Gasteiger partial charge on any atom is 0.278 e. The van der Waals surface area contributed by atoms with Gasteiger partial charge in [-0.1, -0.05) is 43.5 Å². The minimum absolute atomic E-state index is 0.0862. The topological polar surface area (TPSA) is 158 Å². The molecule has 0 aromatic heterocycles. The van der Waals surface area contributed by atoms with Gasteiger partial charge in [-0.3, -0.25) is 4.79 Å². The smallest absolute Gasteiger partial charge is 0.278 e. The first kappa shape index (κ1) is 27.3. The summed E-state index contributed by atoms with van der Waals surface area (Å²) in [7, 11) is 0. The fourth-order valence-electron chi connectivity index (χ4n) is 5.58. The van der Waals surface area contributed by atoms with Crippen LogP contribution in [0.4, 0.5) is 5.69 Å². The molecule has 2 aromatic rings. The van der Waals surface area contributed by atoms with Gasteiger partial charge in [0.15, 0.2) is 5.72 Å². The first-order chi connectivity index (χ1) is 18.3. The summed E-state index contributed by atoms with van der Waals surface area (Å²) in [5, 5.41) is 61.8. The Morgan fingerprint density at radius 3 is 2.44 bits per heavy atom. The van der Waals surface area contributed by atoms with E-state index in [0.29, 0.717) is 55.2 Å². The van der Waals surface area contributed by atoms with E-state index in [1.165, 1.54) is 22.8 Å². The molecule has 208 valence electrons. The molecule has 5 rings (SSSR count). The highest BCUT2D eigenvalue weighted by molar-refractivity contribution is 5.81. The van der Waals surface area contributed by atoms with Gasteiger partial charge in [-0.15, -0.1) is 0 Å². The second kappa shape index (κ2) is 9.72. The van der Waals surface area contributed by atoms with E-state index in [9.17, 15) is 30.3 Å². The van der Waals surface area contributed by atoms with Crippen molar-refractivity contribution in [2.45, 2.75) is 43.4 Å². The van der Waals surface area contributed by atoms with Crippen LogP contribution in [0.1, 0.15) is 42.0 Å². The van der Waals surface area contributed by atoms with Gasteiger partial charge in [0.05, 0.1) is 24.8 Å². The van der Waals surface area contributed by atoms with Crippen LogP contribution in [0.5, 0.6) is 0 Å². The first-order valence-electron chi connectivity index (χ1n) is 12.8. The van der Waals surface area contributed by atoms with Crippen LogP contribution in [0.25, 0.3) is 5.70 Å². The Kier molecular flexibility index (Phi) is 6.80. The molecule has 2 saturated heterocycles. The van der Waals surface area contributed by atoms with Crippen LogP contribution in [0.3, 0.4) is 0 Å². The molecular weight excluding hydrogens is 504 g/mol. The molecule has 3 heterocycles. The predicted octanol–water partition coefficient (Wildman–Crippen LogP) is 0.564. The highest BCUT2D eigenvalue weighted by Crippen LogP contribution is 2.49. The monoisotopic (exact) mass is 538 g/mol. The number of hydrogen-bond donors (Lipinski definition) is 7. The molecule has 39 heavy (non-hydrogen) atoms. The van der Waals surface area contributed by atoms with E-state index in [2.05, 4.69) is 23.8 Å². The number of nitrogens with zero attached hydrogens (tertiary/aromatic N) is 2. The number of amides is 1. The van der Waals surface area contributed by atoms with Crippen LogP contribution in [-0.4, -0.2) is 73.6 Å². The second-order valence-electron chi connectivity index (χ2n) is 10.3. The van der Waals surface area contributed by atoms with E-state index in [1.807, 2.05) is 0 Å². The van der Waals surface area contributed by atoms with Gasteiger partial charge in [0.25, 0.3) is 11.8 Å². The van der Waals surface area contributed by atoms with Gasteiger partial charge in [0.1, 0.15) is 0 Å². The van der Waals surface area contributed by atoms with E-state index in [1.54, 1.807) is 36.4 Å². The highest BCUT2D eigenvalue weighted by atomic mass is 16.5. The van der Waals surface area contributed by atoms with Crippen molar-refractivity contribution in [3.8, 4) is 0 Å². The molecule has 1 amide bonds. The lowest BCUT2D eigenvalue weighted by Crippen LogP contribution is -2.52. The molecule has 0 aliphatic carbocycles. The molecule has 11 nitrogen and oxygen atoms in total. The van der Waals surface area contributed by atoms with E-state index in [4.69, 9.17) is 4.74 Å². The fraction of sp³-hybridized carbons (Fsp3) is 0.393. The van der Waals surface area contributed by atoms with Gasteiger partial charge in [-0.2, -0.15) is 0 Å². The summed E-state index contributed by atoms with van der Waals surface area (Å²) in [4.78, 5) is 14.6. The summed E-state index contributed by atoms with van der Waals surface area (Å²) < 4.78 is 5.31. The Hall–Kier alpha value is -3.29. The van der Waals surface area contributed by atoms with Crippen LogP contribution in [0.15, 0.2) is 61.3 Å². The zero-order chi connectivity index (χ0) is 28.2. The number of hydrogen-bond acceptors (Lipinski definition) is 10. The van der Waals surface area contributed by atoms with Crippen molar-refractivity contribution < 1.29 is 35.1 Å². The zero-order valence-corrected chi connectivity index (χ0v) is 21.7. The number of morpholine rings is 1. The van der Waals surface area contributed by atoms with E-state index >= 15 is 0 Å². The molecule has 2 unspecified atom stereocenters. The van der Waals surface area contributed by atoms with Gasteiger partial charge >= 0.3 is 0 Å². The molecule has 7 N–H and O–H groups in total. The summed E-state index contributed by atoms with van der Waals surface area (Å²) in [6.07, 6.45) is 0.513. The third-order valence-electron chi connectivity index (χ3n) is 7.64. The van der Waals surface area contributed by atoms with Gasteiger partial charge < -0.3 is 45.8 Å². The van der Waals surface area contributed by atoms with Crippen molar-refractivity contribution in [3.63, 3.8) is 0 Å². The molecule has 3 aliphatic heterocycles. The summed E-state index contributed by atoms with van der Waals surface area (Å²) in [5.74, 6) is -4.99. The minimum atomic E-state index is -2.52. The maximum atomic E-state index is 11.8. The molecule has 0 spiro atoms. The Morgan fingerprint density at radius 1 is 1.08 bits per heavy atom. The SMILES string of the molecule is C=C1NC(=O)CCC1N1C(=C)c2cccc(NC(C)(O)c3cccc(C(O)(O)N4CCOCC4)c3)c2C1(O)O. The lowest BCUT2D eigenvalue weighted by atomic mass is 9.97. The quantitative estimate of drug-likeness (QED) is 0.259. The average Bonchev–Trinajstić information content (AvgIpc) is 3.10. The third-order valence-corrected chi connectivity index (χ3v) is 7.64. The molecule has 2 aromatic carbocycles. The molecule has 2 atom stereocenters. The third kappa shape index (κ3) is 4.72. The molecule has 11 heteroatoms. The fourth-order valence-corrected chi connectivity index (χ4v) is 5.58. The van der Waals surface area contributed by atoms with Crippen molar-refractivity contribution in [1.29, 1.82) is 0 Å². The molecular formula is C28H34N4O7. The predicted molar refractivity (Wildman–Crippen MR) is 142 cm³/mol. The van der Waals surface area contributed by atoms with Crippen molar-refractivity contribution in [1.82, 2.24) is 15.1 Å². The van der Waals surface area contributed by atoms with Crippen LogP contribution in [0.2, 0.25) is 0 Å². The number of fused-ring (bicyclic) bond motifs is 1. The van der Waals surface area contributed by atoms with Gasteiger partial charge in [0.2, 0.25) is 5.91 Å². The average molecular weight is 539 g/mol. The summed E-state index contributed by atoms with van der Waals surface area (Å²) in [6.45, 7) is 10.8. The maximum absolute atomic E-state index is 11.8. The van der Waals surface area contributed by atoms with Crippen LogP contribution >= 0.6 is 0 Å². The molecule has 0 radical (unpaired) electrons. The summed E-state index contributed by atoms with van der Waals surface area (Å²) in [6, 6.07) is 10.6. The number of ether oxygens (including phenoxy) is 1. The number of anilines is 1. The Balaban J connectivity index is 1.46. The summed E-state index contributed by atoms with van der Waals surface area (Å²) in [5.41, 5.74) is 0.157.